The third-order valence-corrected chi connectivity index (χ3v) is 3.22. The molecule has 2 atom stereocenters. The van der Waals surface area contributed by atoms with E-state index in [2.05, 4.69) is 15.3 Å². The van der Waals surface area contributed by atoms with Crippen molar-refractivity contribution in [3.63, 3.8) is 0 Å². The van der Waals surface area contributed by atoms with Crippen molar-refractivity contribution in [2.24, 2.45) is 11.8 Å². The summed E-state index contributed by atoms with van der Waals surface area (Å²) < 4.78 is 0. The topological polar surface area (TPSA) is 95.1 Å². The molecule has 6 nitrogen and oxygen atoms in total. The first-order valence-electron chi connectivity index (χ1n) is 5.69. The van der Waals surface area contributed by atoms with E-state index >= 15 is 0 Å². The van der Waals surface area contributed by atoms with Crippen LogP contribution in [0.15, 0.2) is 17.2 Å². The maximum Gasteiger partial charge on any atom is 0.306 e. The molecule has 1 aliphatic rings. The zero-order chi connectivity index (χ0) is 12.3. The highest BCUT2D eigenvalue weighted by Crippen LogP contribution is 2.31. The van der Waals surface area contributed by atoms with E-state index in [0.29, 0.717) is 6.54 Å². The standard InChI is InChI=1S/C11H15N3O3/c15-10-9(12-4-5-13-10)14-6-7-2-1-3-8(7)11(16)17/h4-5,7-8H,1-3,6H2,(H,12,14)(H,13,15)(H,16,17). The fourth-order valence-corrected chi connectivity index (χ4v) is 2.31. The Morgan fingerprint density at radius 1 is 1.59 bits per heavy atom. The smallest absolute Gasteiger partial charge is 0.306 e. The molecule has 0 aliphatic heterocycles. The summed E-state index contributed by atoms with van der Waals surface area (Å²) in [6, 6.07) is 0. The Bertz CT molecular complexity index is 457. The fourth-order valence-electron chi connectivity index (χ4n) is 2.31. The summed E-state index contributed by atoms with van der Waals surface area (Å²) in [5.74, 6) is -0.716. The summed E-state index contributed by atoms with van der Waals surface area (Å²) in [5, 5.41) is 11.9. The molecule has 6 heteroatoms. The van der Waals surface area contributed by atoms with Crippen molar-refractivity contribution in [2.75, 3.05) is 11.9 Å². The van der Waals surface area contributed by atoms with E-state index in [1.165, 1.54) is 12.4 Å². The summed E-state index contributed by atoms with van der Waals surface area (Å²) in [4.78, 5) is 28.7. The van der Waals surface area contributed by atoms with Crippen LogP contribution in [0.25, 0.3) is 0 Å². The number of carboxylic acid groups (broad SMARTS) is 1. The van der Waals surface area contributed by atoms with Gasteiger partial charge in [-0.15, -0.1) is 0 Å². The zero-order valence-electron chi connectivity index (χ0n) is 9.35. The molecule has 17 heavy (non-hydrogen) atoms. The van der Waals surface area contributed by atoms with Crippen molar-refractivity contribution in [1.82, 2.24) is 9.97 Å². The predicted molar refractivity (Wildman–Crippen MR) is 61.8 cm³/mol. The molecule has 1 aliphatic carbocycles. The first-order valence-corrected chi connectivity index (χ1v) is 5.69. The molecule has 1 heterocycles. The predicted octanol–water partition coefficient (Wildman–Crippen LogP) is 0.683. The van der Waals surface area contributed by atoms with Crippen LogP contribution in [0.2, 0.25) is 0 Å². The Balaban J connectivity index is 1.96. The van der Waals surface area contributed by atoms with Crippen LogP contribution in [0, 0.1) is 11.8 Å². The molecule has 0 bridgehead atoms. The summed E-state index contributed by atoms with van der Waals surface area (Å²) in [7, 11) is 0. The SMILES string of the molecule is O=C(O)C1CCCC1CNc1ncc[nH]c1=O. The van der Waals surface area contributed by atoms with Crippen LogP contribution in [0.4, 0.5) is 5.82 Å². The van der Waals surface area contributed by atoms with E-state index in [0.717, 1.165) is 19.3 Å². The molecule has 0 amide bonds. The van der Waals surface area contributed by atoms with Crippen LogP contribution in [0.5, 0.6) is 0 Å². The number of hydrogen-bond donors (Lipinski definition) is 3. The number of carboxylic acids is 1. The number of nitrogens with zero attached hydrogens (tertiary/aromatic N) is 1. The number of anilines is 1. The van der Waals surface area contributed by atoms with Gasteiger partial charge in [-0.25, -0.2) is 4.98 Å². The number of aromatic amines is 1. The lowest BCUT2D eigenvalue weighted by Gasteiger charge is -2.16. The summed E-state index contributed by atoms with van der Waals surface area (Å²) in [6.07, 6.45) is 5.49. The maximum atomic E-state index is 11.3. The van der Waals surface area contributed by atoms with Crippen LogP contribution in [-0.4, -0.2) is 27.6 Å². The van der Waals surface area contributed by atoms with Gasteiger partial charge in [0.25, 0.3) is 5.56 Å². The number of rotatable bonds is 4. The molecule has 92 valence electrons. The van der Waals surface area contributed by atoms with Crippen LogP contribution in [-0.2, 0) is 4.79 Å². The van der Waals surface area contributed by atoms with E-state index in [-0.39, 0.29) is 23.2 Å². The van der Waals surface area contributed by atoms with E-state index in [9.17, 15) is 9.59 Å². The lowest BCUT2D eigenvalue weighted by molar-refractivity contribution is -0.142. The van der Waals surface area contributed by atoms with Crippen molar-refractivity contribution >= 4 is 11.8 Å². The Morgan fingerprint density at radius 3 is 3.12 bits per heavy atom. The van der Waals surface area contributed by atoms with Crippen molar-refractivity contribution < 1.29 is 9.90 Å². The van der Waals surface area contributed by atoms with Gasteiger partial charge in [0.2, 0.25) is 0 Å². The molecule has 0 spiro atoms. The number of nitrogens with one attached hydrogen (secondary N) is 2. The highest BCUT2D eigenvalue weighted by atomic mass is 16.4. The summed E-state index contributed by atoms with van der Waals surface area (Å²) in [5.41, 5.74) is -0.280. The van der Waals surface area contributed by atoms with Crippen molar-refractivity contribution in [1.29, 1.82) is 0 Å². The van der Waals surface area contributed by atoms with Gasteiger partial charge in [0.05, 0.1) is 5.92 Å². The van der Waals surface area contributed by atoms with Gasteiger partial charge in [-0.2, -0.15) is 0 Å². The highest BCUT2D eigenvalue weighted by Gasteiger charge is 2.32. The lowest BCUT2D eigenvalue weighted by atomic mass is 9.96. The second kappa shape index (κ2) is 4.99. The van der Waals surface area contributed by atoms with E-state index < -0.39 is 5.97 Å². The molecule has 1 saturated carbocycles. The number of H-pyrrole nitrogens is 1. The number of aliphatic carboxylic acids is 1. The third kappa shape index (κ3) is 2.64. The number of hydrogen-bond acceptors (Lipinski definition) is 4. The second-order valence-electron chi connectivity index (χ2n) is 4.28. The fraction of sp³-hybridized carbons (Fsp3) is 0.545. The Kier molecular flexibility index (Phi) is 3.41. The summed E-state index contributed by atoms with van der Waals surface area (Å²) in [6.45, 7) is 0.483. The van der Waals surface area contributed by atoms with Gasteiger partial charge in [0, 0.05) is 18.9 Å². The van der Waals surface area contributed by atoms with Gasteiger partial charge < -0.3 is 15.4 Å². The molecule has 1 aromatic heterocycles. The molecule has 0 saturated heterocycles. The van der Waals surface area contributed by atoms with Gasteiger partial charge in [-0.3, -0.25) is 9.59 Å². The van der Waals surface area contributed by atoms with Crippen molar-refractivity contribution in [3.8, 4) is 0 Å². The highest BCUT2D eigenvalue weighted by molar-refractivity contribution is 5.70. The van der Waals surface area contributed by atoms with Gasteiger partial charge >= 0.3 is 5.97 Å². The van der Waals surface area contributed by atoms with Crippen LogP contribution < -0.4 is 10.9 Å². The second-order valence-corrected chi connectivity index (χ2v) is 4.28. The monoisotopic (exact) mass is 237 g/mol. The van der Waals surface area contributed by atoms with E-state index in [4.69, 9.17) is 5.11 Å². The molecule has 3 N–H and O–H groups in total. The first-order chi connectivity index (χ1) is 8.18. The Labute approximate surface area is 98.1 Å². The minimum atomic E-state index is -0.746. The maximum absolute atomic E-state index is 11.3. The van der Waals surface area contributed by atoms with E-state index in [1.54, 1.807) is 0 Å². The van der Waals surface area contributed by atoms with E-state index in [1.807, 2.05) is 0 Å². The average molecular weight is 237 g/mol. The largest absolute Gasteiger partial charge is 0.481 e. The van der Waals surface area contributed by atoms with Crippen LogP contribution in [0.3, 0.4) is 0 Å². The molecular weight excluding hydrogens is 222 g/mol. The van der Waals surface area contributed by atoms with Gasteiger partial charge in [-0.1, -0.05) is 6.42 Å². The number of aromatic nitrogens is 2. The Hall–Kier alpha value is -1.85. The molecule has 0 radical (unpaired) electrons. The van der Waals surface area contributed by atoms with Crippen molar-refractivity contribution in [3.05, 3.63) is 22.7 Å². The first kappa shape index (κ1) is 11.6. The molecule has 0 aromatic carbocycles. The number of carbonyl (C=O) groups is 1. The van der Waals surface area contributed by atoms with Crippen LogP contribution in [0.1, 0.15) is 19.3 Å². The molecular formula is C11H15N3O3. The average Bonchev–Trinajstić information content (AvgIpc) is 2.76. The van der Waals surface area contributed by atoms with Gasteiger partial charge in [0.1, 0.15) is 0 Å². The minimum Gasteiger partial charge on any atom is -0.481 e. The zero-order valence-corrected chi connectivity index (χ0v) is 9.35. The third-order valence-electron chi connectivity index (χ3n) is 3.22. The molecule has 1 aromatic rings. The van der Waals surface area contributed by atoms with Gasteiger partial charge in [0.15, 0.2) is 5.82 Å². The molecule has 2 rings (SSSR count). The quantitative estimate of drug-likeness (QED) is 0.715. The van der Waals surface area contributed by atoms with Crippen molar-refractivity contribution in [2.45, 2.75) is 19.3 Å². The molecule has 2 unspecified atom stereocenters. The molecule has 1 fully saturated rings. The summed E-state index contributed by atoms with van der Waals surface area (Å²) >= 11 is 0. The lowest BCUT2D eigenvalue weighted by Crippen LogP contribution is -2.26. The minimum absolute atomic E-state index is 0.0777. The van der Waals surface area contributed by atoms with Gasteiger partial charge in [-0.05, 0) is 18.8 Å². The normalized spacial score (nSPS) is 23.5. The Morgan fingerprint density at radius 2 is 2.41 bits per heavy atom. The van der Waals surface area contributed by atoms with Crippen LogP contribution >= 0.6 is 0 Å².